The third-order valence-corrected chi connectivity index (χ3v) is 4.01. The third kappa shape index (κ3) is 3.00. The van der Waals surface area contributed by atoms with Gasteiger partial charge in [-0.05, 0) is 45.2 Å². The monoisotopic (exact) mass is 274 g/mol. The minimum Gasteiger partial charge on any atom is -0.319 e. The van der Waals surface area contributed by atoms with Gasteiger partial charge in [-0.1, -0.05) is 19.1 Å². The Bertz CT molecular complexity index is 513. The van der Waals surface area contributed by atoms with E-state index in [0.717, 1.165) is 19.3 Å². The molecule has 0 spiro atoms. The summed E-state index contributed by atoms with van der Waals surface area (Å²) < 4.78 is 0. The van der Waals surface area contributed by atoms with Crippen LogP contribution in [0.1, 0.15) is 50.4 Å². The second-order valence-electron chi connectivity index (χ2n) is 5.46. The zero-order valence-electron chi connectivity index (χ0n) is 12.3. The van der Waals surface area contributed by atoms with E-state index in [1.54, 1.807) is 18.2 Å². The number of hydrogen-bond donors (Lipinski definition) is 1. The molecule has 1 aromatic rings. The normalized spacial score (nSPS) is 21.9. The van der Waals surface area contributed by atoms with E-state index < -0.39 is 0 Å². The molecule has 0 aliphatic carbocycles. The lowest BCUT2D eigenvalue weighted by atomic mass is 10.1. The summed E-state index contributed by atoms with van der Waals surface area (Å²) in [6.07, 6.45) is 3.10. The summed E-state index contributed by atoms with van der Waals surface area (Å²) in [7, 11) is 0. The number of rotatable bonds is 3. The van der Waals surface area contributed by atoms with Crippen molar-refractivity contribution in [2.45, 2.75) is 52.1 Å². The first-order valence-electron chi connectivity index (χ1n) is 7.23. The fourth-order valence-corrected chi connectivity index (χ4v) is 2.84. The fourth-order valence-electron chi connectivity index (χ4n) is 2.84. The molecule has 0 bridgehead atoms. The molecule has 2 amide bonds. The summed E-state index contributed by atoms with van der Waals surface area (Å²) in [5, 5.41) is 2.91. The Hall–Kier alpha value is -1.84. The van der Waals surface area contributed by atoms with Crippen LogP contribution in [0.5, 0.6) is 0 Å². The van der Waals surface area contributed by atoms with Crippen LogP contribution in [0.2, 0.25) is 0 Å². The number of benzene rings is 1. The number of urea groups is 1. The molecule has 2 rings (SSSR count). The Balaban J connectivity index is 2.11. The molecule has 108 valence electrons. The van der Waals surface area contributed by atoms with Gasteiger partial charge in [-0.2, -0.15) is 0 Å². The molecule has 2 atom stereocenters. The van der Waals surface area contributed by atoms with E-state index in [4.69, 9.17) is 0 Å². The molecule has 1 fully saturated rings. The number of nitrogens with zero attached hydrogens (tertiary/aromatic N) is 1. The van der Waals surface area contributed by atoms with E-state index in [1.165, 1.54) is 6.92 Å². The van der Waals surface area contributed by atoms with Crippen LogP contribution in [0.3, 0.4) is 0 Å². The predicted molar refractivity (Wildman–Crippen MR) is 80.1 cm³/mol. The van der Waals surface area contributed by atoms with Crippen molar-refractivity contribution in [3.8, 4) is 0 Å². The van der Waals surface area contributed by atoms with Gasteiger partial charge in [-0.15, -0.1) is 0 Å². The maximum atomic E-state index is 12.4. The van der Waals surface area contributed by atoms with E-state index in [1.807, 2.05) is 11.0 Å². The van der Waals surface area contributed by atoms with E-state index in [0.29, 0.717) is 17.3 Å². The Kier molecular flexibility index (Phi) is 4.42. The Labute approximate surface area is 120 Å². The number of anilines is 1. The van der Waals surface area contributed by atoms with Crippen LogP contribution in [0, 0.1) is 0 Å². The maximum absolute atomic E-state index is 12.4. The Morgan fingerprint density at radius 3 is 2.75 bits per heavy atom. The minimum atomic E-state index is -0.0671. The topological polar surface area (TPSA) is 49.4 Å². The molecular weight excluding hydrogens is 252 g/mol. The fraction of sp³-hybridized carbons (Fsp3) is 0.500. The van der Waals surface area contributed by atoms with Crippen LogP contribution in [-0.4, -0.2) is 28.8 Å². The number of carbonyl (C=O) groups is 2. The summed E-state index contributed by atoms with van der Waals surface area (Å²) >= 11 is 0. The average Bonchev–Trinajstić information content (AvgIpc) is 2.80. The molecule has 1 aromatic carbocycles. The summed E-state index contributed by atoms with van der Waals surface area (Å²) in [5.41, 5.74) is 1.29. The van der Waals surface area contributed by atoms with Crippen LogP contribution >= 0.6 is 0 Å². The number of carbonyl (C=O) groups excluding carboxylic acids is 2. The molecule has 20 heavy (non-hydrogen) atoms. The van der Waals surface area contributed by atoms with Crippen molar-refractivity contribution in [1.29, 1.82) is 0 Å². The van der Waals surface area contributed by atoms with Crippen LogP contribution in [0.25, 0.3) is 0 Å². The lowest BCUT2D eigenvalue weighted by Crippen LogP contribution is -2.42. The van der Waals surface area contributed by atoms with Crippen LogP contribution in [0.15, 0.2) is 24.3 Å². The first-order chi connectivity index (χ1) is 9.52. The molecule has 1 saturated heterocycles. The number of nitrogens with one attached hydrogen (secondary N) is 1. The van der Waals surface area contributed by atoms with E-state index in [-0.39, 0.29) is 17.9 Å². The Morgan fingerprint density at radius 2 is 2.10 bits per heavy atom. The van der Waals surface area contributed by atoms with Crippen LogP contribution in [-0.2, 0) is 0 Å². The molecule has 4 nitrogen and oxygen atoms in total. The number of hydrogen-bond acceptors (Lipinski definition) is 2. The van der Waals surface area contributed by atoms with Crippen molar-refractivity contribution in [2.24, 2.45) is 0 Å². The van der Waals surface area contributed by atoms with E-state index in [2.05, 4.69) is 19.2 Å². The van der Waals surface area contributed by atoms with E-state index in [9.17, 15) is 9.59 Å². The minimum absolute atomic E-state index is 0.00192. The molecule has 1 heterocycles. The molecule has 2 unspecified atom stereocenters. The van der Waals surface area contributed by atoms with Gasteiger partial charge in [0.25, 0.3) is 0 Å². The van der Waals surface area contributed by atoms with Crippen molar-refractivity contribution in [1.82, 2.24) is 4.90 Å². The van der Waals surface area contributed by atoms with Crippen LogP contribution in [0.4, 0.5) is 10.5 Å². The zero-order valence-corrected chi connectivity index (χ0v) is 12.3. The number of likely N-dealkylation sites (tertiary alicyclic amines) is 1. The van der Waals surface area contributed by atoms with Gasteiger partial charge in [-0.3, -0.25) is 4.79 Å². The maximum Gasteiger partial charge on any atom is 0.322 e. The highest BCUT2D eigenvalue weighted by Gasteiger charge is 2.33. The summed E-state index contributed by atoms with van der Waals surface area (Å²) in [5.74, 6) is 0.00192. The second kappa shape index (κ2) is 6.07. The summed E-state index contributed by atoms with van der Waals surface area (Å²) in [6, 6.07) is 7.61. The van der Waals surface area contributed by atoms with Crippen molar-refractivity contribution in [3.63, 3.8) is 0 Å². The van der Waals surface area contributed by atoms with Crippen LogP contribution < -0.4 is 5.32 Å². The Morgan fingerprint density at radius 1 is 1.35 bits per heavy atom. The molecule has 0 aromatic heterocycles. The average molecular weight is 274 g/mol. The number of Topliss-reactive ketones (excluding diaryl/α,β-unsaturated/α-hetero) is 1. The van der Waals surface area contributed by atoms with Gasteiger partial charge < -0.3 is 10.2 Å². The van der Waals surface area contributed by atoms with Gasteiger partial charge in [0, 0.05) is 23.3 Å². The molecule has 1 aliphatic rings. The van der Waals surface area contributed by atoms with Crippen molar-refractivity contribution in [3.05, 3.63) is 29.8 Å². The van der Waals surface area contributed by atoms with E-state index >= 15 is 0 Å². The van der Waals surface area contributed by atoms with Crippen molar-refractivity contribution >= 4 is 17.5 Å². The SMILES string of the molecule is CCC1CCC(C)N1C(=O)Nc1cccc(C(C)=O)c1. The smallest absolute Gasteiger partial charge is 0.319 e. The molecule has 4 heteroatoms. The van der Waals surface area contributed by atoms with Gasteiger partial charge in [0.05, 0.1) is 0 Å². The first kappa shape index (κ1) is 14.6. The number of ketones is 1. The highest BCUT2D eigenvalue weighted by atomic mass is 16.2. The van der Waals surface area contributed by atoms with Gasteiger partial charge in [0.15, 0.2) is 5.78 Å². The van der Waals surface area contributed by atoms with Gasteiger partial charge in [0.2, 0.25) is 0 Å². The molecule has 1 aliphatic heterocycles. The molecular formula is C16H22N2O2. The second-order valence-corrected chi connectivity index (χ2v) is 5.46. The molecule has 0 radical (unpaired) electrons. The van der Waals surface area contributed by atoms with Gasteiger partial charge in [-0.25, -0.2) is 4.79 Å². The molecule has 1 N–H and O–H groups in total. The number of amides is 2. The standard InChI is InChI=1S/C16H22N2O2/c1-4-15-9-8-11(2)18(15)16(20)17-14-7-5-6-13(10-14)12(3)19/h5-7,10-11,15H,4,8-9H2,1-3H3,(H,17,20). The molecule has 0 saturated carbocycles. The van der Waals surface area contributed by atoms with Gasteiger partial charge >= 0.3 is 6.03 Å². The van der Waals surface area contributed by atoms with Crippen molar-refractivity contribution in [2.75, 3.05) is 5.32 Å². The first-order valence-corrected chi connectivity index (χ1v) is 7.23. The third-order valence-electron chi connectivity index (χ3n) is 4.01. The largest absolute Gasteiger partial charge is 0.322 e. The van der Waals surface area contributed by atoms with Gasteiger partial charge in [0.1, 0.15) is 0 Å². The van der Waals surface area contributed by atoms with Crippen molar-refractivity contribution < 1.29 is 9.59 Å². The lowest BCUT2D eigenvalue weighted by molar-refractivity contribution is 0.101. The highest BCUT2D eigenvalue weighted by molar-refractivity contribution is 5.96. The zero-order chi connectivity index (χ0) is 14.7. The quantitative estimate of drug-likeness (QED) is 0.855. The predicted octanol–water partition coefficient (Wildman–Crippen LogP) is 3.68. The lowest BCUT2D eigenvalue weighted by Gasteiger charge is -2.28. The summed E-state index contributed by atoms with van der Waals surface area (Å²) in [6.45, 7) is 5.72. The summed E-state index contributed by atoms with van der Waals surface area (Å²) in [4.78, 5) is 25.7. The highest BCUT2D eigenvalue weighted by Crippen LogP contribution is 2.26.